The lowest BCUT2D eigenvalue weighted by Gasteiger charge is -2.53. The highest BCUT2D eigenvalue weighted by Gasteiger charge is 2.62. The van der Waals surface area contributed by atoms with Crippen molar-refractivity contribution in [3.63, 3.8) is 0 Å². The molecule has 178 valence electrons. The van der Waals surface area contributed by atoms with Gasteiger partial charge in [-0.1, -0.05) is 51.5 Å². The van der Waals surface area contributed by atoms with Gasteiger partial charge in [0.15, 0.2) is 0 Å². The summed E-state index contributed by atoms with van der Waals surface area (Å²) in [5.74, 6) is 3.22. The first-order chi connectivity index (χ1) is 15.0. The summed E-state index contributed by atoms with van der Waals surface area (Å²) in [5.41, 5.74) is 0. The van der Waals surface area contributed by atoms with Gasteiger partial charge in [-0.3, -0.25) is 0 Å². The molecular weight excluding hydrogens is 390 g/mol. The first-order valence-electron chi connectivity index (χ1n) is 13.7. The van der Waals surface area contributed by atoms with Crippen LogP contribution in [0.5, 0.6) is 0 Å². The van der Waals surface area contributed by atoms with Crippen LogP contribution in [0.4, 0.5) is 8.78 Å². The molecule has 3 heteroatoms. The van der Waals surface area contributed by atoms with Crippen LogP contribution in [0.15, 0.2) is 12.7 Å². The molecule has 2 atom stereocenters. The third-order valence-electron chi connectivity index (χ3n) is 9.75. The maximum Gasteiger partial charge on any atom is 0.361 e. The van der Waals surface area contributed by atoms with Crippen LogP contribution in [0.3, 0.4) is 0 Å². The van der Waals surface area contributed by atoms with Gasteiger partial charge in [0.1, 0.15) is 0 Å². The average Bonchev–Trinajstić information content (AvgIpc) is 2.79. The second-order valence-electron chi connectivity index (χ2n) is 11.5. The van der Waals surface area contributed by atoms with Crippen molar-refractivity contribution in [2.75, 3.05) is 0 Å². The zero-order valence-electron chi connectivity index (χ0n) is 19.9. The lowest BCUT2D eigenvalue weighted by Crippen LogP contribution is -2.61. The van der Waals surface area contributed by atoms with Gasteiger partial charge in [0.2, 0.25) is 0 Å². The van der Waals surface area contributed by atoms with E-state index in [1.54, 1.807) is 0 Å². The second-order valence-corrected chi connectivity index (χ2v) is 11.5. The predicted octanol–water partition coefficient (Wildman–Crippen LogP) is 8.78. The Balaban J connectivity index is 1.22. The van der Waals surface area contributed by atoms with Crippen molar-refractivity contribution in [1.82, 2.24) is 0 Å². The fourth-order valence-electron chi connectivity index (χ4n) is 7.70. The largest absolute Gasteiger partial charge is 0.361 e. The Kier molecular flexibility index (Phi) is 8.15. The zero-order valence-corrected chi connectivity index (χ0v) is 19.9. The van der Waals surface area contributed by atoms with Gasteiger partial charge in [0.25, 0.3) is 0 Å². The molecule has 0 aromatic heterocycles. The molecule has 31 heavy (non-hydrogen) atoms. The van der Waals surface area contributed by atoms with E-state index in [0.29, 0.717) is 11.8 Å². The standard InChI is InChI=1S/C28H46F2O/c1-3-5-6-7-21-10-12-22(13-11-21)23-16-18-25(19-17-23)27-26(28(29,30)31-27)24-14-8-20(4-2)9-15-24/h4,20-27H,2-3,5-19H2,1H3/t20?,21?,22?,23?,24?,25?,26-,27-/m0/s1. The lowest BCUT2D eigenvalue weighted by molar-refractivity contribution is -0.418. The van der Waals surface area contributed by atoms with Crippen LogP contribution in [0.25, 0.3) is 0 Å². The summed E-state index contributed by atoms with van der Waals surface area (Å²) in [7, 11) is 0. The summed E-state index contributed by atoms with van der Waals surface area (Å²) in [6.07, 6.45) is 18.8. The van der Waals surface area contributed by atoms with Crippen LogP contribution in [-0.4, -0.2) is 12.2 Å². The summed E-state index contributed by atoms with van der Waals surface area (Å²) in [6, 6.07) is 0. The van der Waals surface area contributed by atoms with E-state index in [9.17, 15) is 8.78 Å². The highest BCUT2D eigenvalue weighted by molar-refractivity contribution is 4.99. The number of allylic oxidation sites excluding steroid dienone is 1. The fourth-order valence-corrected chi connectivity index (χ4v) is 7.70. The maximum atomic E-state index is 14.4. The van der Waals surface area contributed by atoms with Crippen molar-refractivity contribution in [3.8, 4) is 0 Å². The molecule has 3 saturated carbocycles. The highest BCUT2D eigenvalue weighted by Crippen LogP contribution is 2.55. The van der Waals surface area contributed by atoms with E-state index < -0.39 is 12.0 Å². The number of alkyl halides is 2. The molecule has 0 aromatic rings. The minimum absolute atomic E-state index is 0.144. The molecule has 0 aromatic carbocycles. The molecule has 0 radical (unpaired) electrons. The third kappa shape index (κ3) is 5.56. The molecule has 0 N–H and O–H groups in total. The molecule has 4 fully saturated rings. The molecule has 0 bridgehead atoms. The SMILES string of the molecule is C=CC1CCC([C@H]2[C@H](C3CCC(C4CCC(CCCCC)CC4)CC3)OC2(F)F)CC1. The van der Waals surface area contributed by atoms with Gasteiger partial charge in [-0.15, -0.1) is 6.58 Å². The monoisotopic (exact) mass is 436 g/mol. The smallest absolute Gasteiger partial charge is 0.316 e. The molecule has 0 amide bonds. The number of hydrogen-bond donors (Lipinski definition) is 0. The Morgan fingerprint density at radius 3 is 1.87 bits per heavy atom. The quantitative estimate of drug-likeness (QED) is 0.273. The third-order valence-corrected chi connectivity index (χ3v) is 9.75. The summed E-state index contributed by atoms with van der Waals surface area (Å²) in [6.45, 7) is 6.19. The van der Waals surface area contributed by atoms with Gasteiger partial charge >= 0.3 is 6.11 Å². The predicted molar refractivity (Wildman–Crippen MR) is 124 cm³/mol. The van der Waals surface area contributed by atoms with E-state index in [4.69, 9.17) is 4.74 Å². The molecular formula is C28H46F2O. The molecule has 1 nitrogen and oxygen atoms in total. The van der Waals surface area contributed by atoms with Gasteiger partial charge < -0.3 is 4.74 Å². The molecule has 4 rings (SSSR count). The van der Waals surface area contributed by atoms with E-state index in [-0.39, 0.29) is 12.0 Å². The highest BCUT2D eigenvalue weighted by atomic mass is 19.3. The molecule has 4 aliphatic rings. The van der Waals surface area contributed by atoms with Gasteiger partial charge in [-0.05, 0) is 99.7 Å². The fraction of sp³-hybridized carbons (Fsp3) is 0.929. The first kappa shape index (κ1) is 23.7. The molecule has 1 saturated heterocycles. The van der Waals surface area contributed by atoms with E-state index in [0.717, 1.165) is 56.3 Å². The second kappa shape index (κ2) is 10.7. The van der Waals surface area contributed by atoms with Crippen molar-refractivity contribution in [2.24, 2.45) is 41.4 Å². The Labute approximate surface area is 189 Å². The Bertz CT molecular complexity index is 551. The first-order valence-corrected chi connectivity index (χ1v) is 13.7. The van der Waals surface area contributed by atoms with Crippen molar-refractivity contribution in [2.45, 2.75) is 122 Å². The lowest BCUT2D eigenvalue weighted by atomic mass is 9.64. The van der Waals surface area contributed by atoms with Crippen LogP contribution < -0.4 is 0 Å². The van der Waals surface area contributed by atoms with Crippen molar-refractivity contribution >= 4 is 0 Å². The van der Waals surface area contributed by atoms with Gasteiger partial charge in [-0.2, -0.15) is 8.78 Å². The Morgan fingerprint density at radius 1 is 0.774 bits per heavy atom. The molecule has 0 unspecified atom stereocenters. The summed E-state index contributed by atoms with van der Waals surface area (Å²) in [4.78, 5) is 0. The van der Waals surface area contributed by atoms with E-state index in [1.807, 2.05) is 6.08 Å². The number of hydrogen-bond acceptors (Lipinski definition) is 1. The number of halogens is 2. The van der Waals surface area contributed by atoms with Crippen LogP contribution in [0.2, 0.25) is 0 Å². The van der Waals surface area contributed by atoms with Gasteiger partial charge in [0.05, 0.1) is 12.0 Å². The van der Waals surface area contributed by atoms with E-state index >= 15 is 0 Å². The van der Waals surface area contributed by atoms with Crippen LogP contribution in [0, 0.1) is 41.4 Å². The average molecular weight is 437 g/mol. The van der Waals surface area contributed by atoms with Crippen LogP contribution >= 0.6 is 0 Å². The van der Waals surface area contributed by atoms with Crippen LogP contribution in [-0.2, 0) is 4.74 Å². The number of ether oxygens (including phenoxy) is 1. The van der Waals surface area contributed by atoms with E-state index in [1.165, 1.54) is 64.2 Å². The van der Waals surface area contributed by atoms with Crippen molar-refractivity contribution in [3.05, 3.63) is 12.7 Å². The van der Waals surface area contributed by atoms with Crippen LogP contribution in [0.1, 0.15) is 110 Å². The summed E-state index contributed by atoms with van der Waals surface area (Å²) in [5, 5.41) is 0. The zero-order chi connectivity index (χ0) is 21.8. The Morgan fingerprint density at radius 2 is 1.32 bits per heavy atom. The van der Waals surface area contributed by atoms with Crippen molar-refractivity contribution < 1.29 is 13.5 Å². The van der Waals surface area contributed by atoms with E-state index in [2.05, 4.69) is 13.5 Å². The topological polar surface area (TPSA) is 9.23 Å². The number of rotatable bonds is 8. The van der Waals surface area contributed by atoms with Gasteiger partial charge in [-0.25, -0.2) is 0 Å². The van der Waals surface area contributed by atoms with Gasteiger partial charge in [0, 0.05) is 0 Å². The minimum Gasteiger partial charge on any atom is -0.316 e. The van der Waals surface area contributed by atoms with Crippen molar-refractivity contribution in [1.29, 1.82) is 0 Å². The normalized spacial score (nSPS) is 43.2. The summed E-state index contributed by atoms with van der Waals surface area (Å²) < 4.78 is 34.2. The molecule has 3 aliphatic carbocycles. The minimum atomic E-state index is -2.89. The number of unbranched alkanes of at least 4 members (excludes halogenated alkanes) is 2. The molecule has 1 aliphatic heterocycles. The molecule has 0 spiro atoms. The Hall–Kier alpha value is -0.440. The maximum absolute atomic E-state index is 14.4. The molecule has 1 heterocycles. The summed E-state index contributed by atoms with van der Waals surface area (Å²) >= 11 is 0.